The van der Waals surface area contributed by atoms with E-state index in [1.807, 2.05) is 18.2 Å². The molecule has 5 nitrogen and oxygen atoms in total. The van der Waals surface area contributed by atoms with Gasteiger partial charge < -0.3 is 16.0 Å². The molecule has 3 N–H and O–H groups in total. The fourth-order valence-electron chi connectivity index (χ4n) is 3.53. The average molecular weight is 470 g/mol. The van der Waals surface area contributed by atoms with Gasteiger partial charge >= 0.3 is 29.6 Å². The monoisotopic (exact) mass is 469 g/mol. The summed E-state index contributed by atoms with van der Waals surface area (Å²) < 4.78 is 12.5. The van der Waals surface area contributed by atoms with Crippen LogP contribution in [-0.4, -0.2) is 34.0 Å². The number of allylic oxidation sites excluding steroid dienone is 3. The number of benzene rings is 1. The molecule has 1 aromatic carbocycles. The number of halogens is 1. The first-order chi connectivity index (χ1) is 16.0. The van der Waals surface area contributed by atoms with E-state index in [1.54, 1.807) is 36.8 Å². The first-order valence-corrected chi connectivity index (χ1v) is 10.9. The molecular formula is C27H33FN5Na. The van der Waals surface area contributed by atoms with E-state index in [1.165, 1.54) is 12.6 Å². The molecule has 7 heteroatoms. The Hall–Kier alpha value is -2.64. The van der Waals surface area contributed by atoms with Gasteiger partial charge in [0.1, 0.15) is 6.33 Å². The van der Waals surface area contributed by atoms with E-state index in [0.717, 1.165) is 48.5 Å². The van der Waals surface area contributed by atoms with Crippen LogP contribution >= 0.6 is 0 Å². The molecule has 1 saturated heterocycles. The number of hydrogen-bond acceptors (Lipinski definition) is 5. The topological polar surface area (TPSA) is 67.1 Å². The molecule has 1 aromatic heterocycles. The molecular weight excluding hydrogens is 436 g/mol. The fourth-order valence-corrected chi connectivity index (χ4v) is 3.53. The summed E-state index contributed by atoms with van der Waals surface area (Å²) in [7, 11) is 0. The molecule has 1 aliphatic heterocycles. The van der Waals surface area contributed by atoms with Crippen molar-refractivity contribution in [2.45, 2.75) is 25.3 Å². The van der Waals surface area contributed by atoms with Gasteiger partial charge in [-0.3, -0.25) is 4.39 Å². The van der Waals surface area contributed by atoms with Crippen molar-refractivity contribution >= 4 is 0 Å². The summed E-state index contributed by atoms with van der Waals surface area (Å²) in [5, 5.41) is 3.42. The van der Waals surface area contributed by atoms with Crippen LogP contribution in [0, 0.1) is 12.4 Å². The summed E-state index contributed by atoms with van der Waals surface area (Å²) in [4.78, 5) is 10.6. The Kier molecular flexibility index (Phi) is 13.9. The van der Waals surface area contributed by atoms with Crippen LogP contribution in [0.25, 0.3) is 0 Å². The van der Waals surface area contributed by atoms with Crippen molar-refractivity contribution in [3.8, 4) is 0 Å². The van der Waals surface area contributed by atoms with Crippen molar-refractivity contribution in [2.24, 2.45) is 5.73 Å². The molecule has 2 aromatic rings. The normalized spacial score (nSPS) is 14.7. The summed E-state index contributed by atoms with van der Waals surface area (Å²) >= 11 is 0. The van der Waals surface area contributed by atoms with Gasteiger partial charge in [0.05, 0.1) is 6.04 Å². The second-order valence-corrected chi connectivity index (χ2v) is 7.54. The number of nitrogens with zero attached hydrogens (tertiary/aromatic N) is 3. The van der Waals surface area contributed by atoms with Crippen LogP contribution in [0.4, 0.5) is 4.39 Å². The zero-order chi connectivity index (χ0) is 24.1. The molecule has 1 unspecified atom stereocenters. The second kappa shape index (κ2) is 16.1. The molecule has 0 spiro atoms. The molecule has 0 saturated carbocycles. The zero-order valence-corrected chi connectivity index (χ0v) is 22.1. The number of rotatable bonds is 10. The van der Waals surface area contributed by atoms with Crippen molar-refractivity contribution in [2.75, 3.05) is 13.1 Å². The third kappa shape index (κ3) is 9.31. The molecule has 1 fully saturated rings. The van der Waals surface area contributed by atoms with E-state index in [2.05, 4.69) is 46.5 Å². The van der Waals surface area contributed by atoms with Crippen LogP contribution in [0.15, 0.2) is 104 Å². The van der Waals surface area contributed by atoms with Gasteiger partial charge in [0.25, 0.3) is 0 Å². The van der Waals surface area contributed by atoms with Gasteiger partial charge in [-0.15, -0.1) is 18.2 Å². The molecule has 0 bridgehead atoms. The van der Waals surface area contributed by atoms with Gasteiger partial charge in [0.2, 0.25) is 0 Å². The van der Waals surface area contributed by atoms with Crippen LogP contribution in [-0.2, 0) is 6.42 Å². The van der Waals surface area contributed by atoms with Gasteiger partial charge in [0.15, 0.2) is 0 Å². The molecule has 0 amide bonds. The molecule has 174 valence electrons. The fraction of sp³-hybridized carbons (Fsp3) is 0.222. The maximum atomic E-state index is 12.5. The zero-order valence-electron chi connectivity index (χ0n) is 20.1. The van der Waals surface area contributed by atoms with Gasteiger partial charge in [-0.25, -0.2) is 9.97 Å². The molecule has 0 aliphatic carbocycles. The summed E-state index contributed by atoms with van der Waals surface area (Å²) in [6.07, 6.45) is 11.9. The first kappa shape index (κ1) is 29.4. The van der Waals surface area contributed by atoms with Crippen LogP contribution in [0.5, 0.6) is 0 Å². The summed E-state index contributed by atoms with van der Waals surface area (Å²) in [6.45, 7) is 19.0. The summed E-state index contributed by atoms with van der Waals surface area (Å²) in [5.41, 5.74) is 9.70. The quantitative estimate of drug-likeness (QED) is 0.315. The summed E-state index contributed by atoms with van der Waals surface area (Å²) in [6, 6.07) is 8.56. The van der Waals surface area contributed by atoms with Crippen molar-refractivity contribution in [3.63, 3.8) is 0 Å². The minimum atomic E-state index is -0.278. The van der Waals surface area contributed by atoms with Gasteiger partial charge in [0, 0.05) is 48.6 Å². The number of likely N-dealkylation sites (tertiary alicyclic amines) is 1. The number of nitrogens with two attached hydrogens (primary N) is 1. The van der Waals surface area contributed by atoms with E-state index < -0.39 is 0 Å². The molecule has 34 heavy (non-hydrogen) atoms. The standard InChI is InChI=1S/C20H26N4.C7H7FN.Na/c1-5-8-18(6-2)14-22-17(4)20-9-7-12-24(20)16(3)13-19-10-11-21-15-23-19;8-7-4-2-1-3-6(7)5-9;/h5-6,8,10-11,15,20,22H,1-4,7,9,12-14H2;1-5H,9H2;/q;-1;+1/b18-8+;;. The Morgan fingerprint density at radius 1 is 1.26 bits per heavy atom. The second-order valence-electron chi connectivity index (χ2n) is 7.54. The SMILES string of the molecule is C=C/C=C(\C=C)CNC(=C)C1CCCN1C(=C)Cc1ccncn1.N[CH-]c1ccccc1F.[Na+]. The Morgan fingerprint density at radius 3 is 2.62 bits per heavy atom. The largest absolute Gasteiger partial charge is 1.00 e. The maximum absolute atomic E-state index is 12.5. The third-order valence-corrected chi connectivity index (χ3v) is 5.29. The van der Waals surface area contributed by atoms with Crippen LogP contribution in [0.3, 0.4) is 0 Å². The van der Waals surface area contributed by atoms with Crippen LogP contribution in [0.1, 0.15) is 24.1 Å². The Bertz CT molecular complexity index is 974. The Morgan fingerprint density at radius 2 is 2.03 bits per heavy atom. The van der Waals surface area contributed by atoms with E-state index in [0.29, 0.717) is 12.1 Å². The maximum Gasteiger partial charge on any atom is 1.00 e. The predicted molar refractivity (Wildman–Crippen MR) is 134 cm³/mol. The summed E-state index contributed by atoms with van der Waals surface area (Å²) in [5.74, 6) is -0.278. The Balaban J connectivity index is 0.000000486. The van der Waals surface area contributed by atoms with Crippen molar-refractivity contribution in [1.29, 1.82) is 0 Å². The molecule has 0 radical (unpaired) electrons. The minimum absolute atomic E-state index is 0. The van der Waals surface area contributed by atoms with Crippen molar-refractivity contribution in [3.05, 3.63) is 128 Å². The molecule has 3 rings (SSSR count). The van der Waals surface area contributed by atoms with Crippen LogP contribution < -0.4 is 40.6 Å². The van der Waals surface area contributed by atoms with E-state index in [9.17, 15) is 4.39 Å². The van der Waals surface area contributed by atoms with Crippen molar-refractivity contribution in [1.82, 2.24) is 20.2 Å². The third-order valence-electron chi connectivity index (χ3n) is 5.29. The molecule has 1 aliphatic rings. The first-order valence-electron chi connectivity index (χ1n) is 10.9. The van der Waals surface area contributed by atoms with Crippen molar-refractivity contribution < 1.29 is 33.9 Å². The molecule has 2 heterocycles. The van der Waals surface area contributed by atoms with E-state index in [4.69, 9.17) is 5.73 Å². The molecule has 1 atom stereocenters. The van der Waals surface area contributed by atoms with Gasteiger partial charge in [-0.1, -0.05) is 56.7 Å². The smallest absolute Gasteiger partial charge is 0.383 e. The Labute approximate surface area is 225 Å². The van der Waals surface area contributed by atoms with E-state index in [-0.39, 0.29) is 41.4 Å². The number of nitrogens with one attached hydrogen (secondary N) is 1. The number of aromatic nitrogens is 2. The predicted octanol–water partition coefficient (Wildman–Crippen LogP) is 1.70. The van der Waals surface area contributed by atoms with Gasteiger partial charge in [-0.2, -0.15) is 6.07 Å². The van der Waals surface area contributed by atoms with E-state index >= 15 is 0 Å². The number of hydrogen-bond donors (Lipinski definition) is 2. The van der Waals surface area contributed by atoms with Gasteiger partial charge in [-0.05, 0) is 24.5 Å². The average Bonchev–Trinajstić information content (AvgIpc) is 3.33. The minimum Gasteiger partial charge on any atom is -0.383 e. The van der Waals surface area contributed by atoms with Crippen LogP contribution in [0.2, 0.25) is 0 Å².